The summed E-state index contributed by atoms with van der Waals surface area (Å²) >= 11 is 0. The van der Waals surface area contributed by atoms with Crippen molar-refractivity contribution in [2.45, 2.75) is 38.5 Å². The van der Waals surface area contributed by atoms with Crippen molar-refractivity contribution in [2.75, 3.05) is 6.61 Å². The highest BCUT2D eigenvalue weighted by Crippen LogP contribution is 2.21. The monoisotopic (exact) mass is 226 g/mol. The van der Waals surface area contributed by atoms with E-state index in [0.717, 1.165) is 12.5 Å². The number of carbonyl (C=O) groups is 1. The normalized spacial score (nSPS) is 10.9. The van der Waals surface area contributed by atoms with E-state index in [-0.39, 0.29) is 5.97 Å². The molecule has 3 heteroatoms. The van der Waals surface area contributed by atoms with Crippen LogP contribution in [0.25, 0.3) is 0 Å². The second-order valence-corrected chi connectivity index (χ2v) is 9.96. The van der Waals surface area contributed by atoms with Crippen molar-refractivity contribution in [1.29, 1.82) is 0 Å². The van der Waals surface area contributed by atoms with Crippen molar-refractivity contribution in [3.05, 3.63) is 24.8 Å². The molecule has 15 heavy (non-hydrogen) atoms. The van der Waals surface area contributed by atoms with Crippen LogP contribution in [0, 0.1) is 0 Å². The van der Waals surface area contributed by atoms with Gasteiger partial charge in [0.1, 0.15) is 0 Å². The van der Waals surface area contributed by atoms with E-state index < -0.39 is 8.07 Å². The molecule has 0 amide bonds. The minimum atomic E-state index is -1.17. The summed E-state index contributed by atoms with van der Waals surface area (Å²) in [7, 11) is -1.17. The molecule has 0 aliphatic heterocycles. The summed E-state index contributed by atoms with van der Waals surface area (Å²) in [5, 5.41) is 0. The smallest absolute Gasteiger partial charge is 0.330 e. The second kappa shape index (κ2) is 6.61. The highest BCUT2D eigenvalue weighted by atomic mass is 28.3. The van der Waals surface area contributed by atoms with E-state index in [1.807, 2.05) is 0 Å². The molecule has 0 aliphatic carbocycles. The molecule has 0 aromatic heterocycles. The maximum atomic E-state index is 10.8. The lowest BCUT2D eigenvalue weighted by Gasteiger charge is -2.22. The van der Waals surface area contributed by atoms with Gasteiger partial charge < -0.3 is 4.74 Å². The quantitative estimate of drug-likeness (QED) is 0.219. The zero-order valence-corrected chi connectivity index (χ0v) is 11.1. The Morgan fingerprint density at radius 3 is 2.53 bits per heavy atom. The summed E-state index contributed by atoms with van der Waals surface area (Å²) in [5.74, 6) is -0.325. The van der Waals surface area contributed by atoms with Crippen LogP contribution in [0.5, 0.6) is 0 Å². The Labute approximate surface area is 94.0 Å². The van der Waals surface area contributed by atoms with Gasteiger partial charge in [-0.2, -0.15) is 0 Å². The summed E-state index contributed by atoms with van der Waals surface area (Å²) in [4.78, 5) is 10.8. The Balaban J connectivity index is 3.70. The van der Waals surface area contributed by atoms with E-state index in [9.17, 15) is 4.79 Å². The molecule has 0 rings (SSSR count). The molecule has 0 saturated heterocycles. The summed E-state index contributed by atoms with van der Waals surface area (Å²) in [6.45, 7) is 14.6. The van der Waals surface area contributed by atoms with Crippen LogP contribution in [0.15, 0.2) is 24.8 Å². The molecule has 0 saturated carbocycles. The fraction of sp³-hybridized carbons (Fsp3) is 0.583. The summed E-state index contributed by atoms with van der Waals surface area (Å²) in [6.07, 6.45) is 2.16. The molecule has 0 heterocycles. The molecule has 0 aromatic rings. The third-order valence-electron chi connectivity index (χ3n) is 2.19. The molecule has 0 bridgehead atoms. The number of allylic oxidation sites excluding steroid dienone is 1. The van der Waals surface area contributed by atoms with Crippen molar-refractivity contribution in [3.63, 3.8) is 0 Å². The molecular formula is C12H22O2Si. The Kier molecular flexibility index (Phi) is 6.25. The van der Waals surface area contributed by atoms with Gasteiger partial charge >= 0.3 is 5.97 Å². The minimum Gasteiger partial charge on any atom is -0.463 e. The Morgan fingerprint density at radius 1 is 1.47 bits per heavy atom. The largest absolute Gasteiger partial charge is 0.463 e. The average Bonchev–Trinajstić information content (AvgIpc) is 2.10. The molecule has 0 unspecified atom stereocenters. The predicted octanol–water partition coefficient (Wildman–Crippen LogP) is 3.39. The number of esters is 1. The van der Waals surface area contributed by atoms with Gasteiger partial charge in [-0.1, -0.05) is 31.3 Å². The van der Waals surface area contributed by atoms with Crippen LogP contribution in [0.3, 0.4) is 0 Å². The zero-order chi connectivity index (χ0) is 11.9. The molecule has 2 nitrogen and oxygen atoms in total. The first-order valence-corrected chi connectivity index (χ1v) is 8.72. The number of rotatable bonds is 7. The summed E-state index contributed by atoms with van der Waals surface area (Å²) in [5.41, 5.74) is 1.26. The van der Waals surface area contributed by atoms with Gasteiger partial charge in [-0.3, -0.25) is 0 Å². The average molecular weight is 226 g/mol. The highest BCUT2D eigenvalue weighted by molar-refractivity contribution is 6.77. The van der Waals surface area contributed by atoms with Crippen LogP contribution >= 0.6 is 0 Å². The minimum absolute atomic E-state index is 0.325. The molecule has 0 aliphatic rings. The van der Waals surface area contributed by atoms with E-state index in [4.69, 9.17) is 4.74 Å². The lowest BCUT2D eigenvalue weighted by molar-refractivity contribution is -0.137. The van der Waals surface area contributed by atoms with Crippen LogP contribution < -0.4 is 0 Å². The number of ether oxygens (including phenoxy) is 1. The van der Waals surface area contributed by atoms with Crippen LogP contribution in [0.1, 0.15) is 13.3 Å². The van der Waals surface area contributed by atoms with Gasteiger partial charge in [0.2, 0.25) is 0 Å². The van der Waals surface area contributed by atoms with Crippen molar-refractivity contribution in [1.82, 2.24) is 0 Å². The predicted molar refractivity (Wildman–Crippen MR) is 67.7 cm³/mol. The van der Waals surface area contributed by atoms with Crippen molar-refractivity contribution < 1.29 is 9.53 Å². The molecule has 0 spiro atoms. The first kappa shape index (κ1) is 14.2. The fourth-order valence-corrected chi connectivity index (χ4v) is 4.60. The third kappa shape index (κ3) is 8.18. The van der Waals surface area contributed by atoms with Crippen molar-refractivity contribution in [3.8, 4) is 0 Å². The van der Waals surface area contributed by atoms with Gasteiger partial charge in [0.05, 0.1) is 14.7 Å². The Hall–Kier alpha value is -0.833. The fourth-order valence-electron chi connectivity index (χ4n) is 1.69. The second-order valence-electron chi connectivity index (χ2n) is 4.77. The van der Waals surface area contributed by atoms with Crippen molar-refractivity contribution >= 4 is 14.0 Å². The van der Waals surface area contributed by atoms with Crippen LogP contribution in [0.4, 0.5) is 0 Å². The number of carbonyl (C=O) groups excluding carboxylic acids is 1. The Bertz CT molecular complexity index is 244. The molecule has 86 valence electrons. The van der Waals surface area contributed by atoms with Gasteiger partial charge in [0, 0.05) is 6.08 Å². The topological polar surface area (TPSA) is 26.3 Å². The van der Waals surface area contributed by atoms with E-state index in [1.165, 1.54) is 17.7 Å². The van der Waals surface area contributed by atoms with Crippen molar-refractivity contribution in [2.24, 2.45) is 0 Å². The molecule has 0 fully saturated rings. The Morgan fingerprint density at radius 2 is 2.07 bits per heavy atom. The van der Waals surface area contributed by atoms with Gasteiger partial charge in [-0.25, -0.2) is 4.79 Å². The third-order valence-corrected chi connectivity index (χ3v) is 5.46. The van der Waals surface area contributed by atoms with E-state index >= 15 is 0 Å². The molecular weight excluding hydrogens is 204 g/mol. The first-order chi connectivity index (χ1) is 6.87. The highest BCUT2D eigenvalue weighted by Gasteiger charge is 2.19. The first-order valence-electron chi connectivity index (χ1n) is 5.31. The lowest BCUT2D eigenvalue weighted by atomic mass is 10.4. The van der Waals surface area contributed by atoms with Gasteiger partial charge in [0.25, 0.3) is 0 Å². The molecule has 0 aromatic carbocycles. The standard InChI is InChI=1S/C12H22O2Si/c1-6-12(13)14-8-7-9-15(4,5)10-11(2)3/h6H,1-2,7-10H2,3-5H3. The summed E-state index contributed by atoms with van der Waals surface area (Å²) in [6, 6.07) is 2.33. The van der Waals surface area contributed by atoms with Crippen LogP contribution in [-0.2, 0) is 9.53 Å². The van der Waals surface area contributed by atoms with E-state index in [2.05, 4.69) is 33.2 Å². The van der Waals surface area contributed by atoms with Gasteiger partial charge in [0.15, 0.2) is 0 Å². The molecule has 0 N–H and O–H groups in total. The SMILES string of the molecule is C=CC(=O)OCCC[Si](C)(C)CC(=C)C. The number of hydrogen-bond acceptors (Lipinski definition) is 2. The lowest BCUT2D eigenvalue weighted by Crippen LogP contribution is -2.25. The molecule has 0 radical (unpaired) electrons. The summed E-state index contributed by atoms with van der Waals surface area (Å²) < 4.78 is 4.93. The van der Waals surface area contributed by atoms with Crippen LogP contribution in [-0.4, -0.2) is 20.7 Å². The van der Waals surface area contributed by atoms with Gasteiger partial charge in [-0.05, 0) is 19.4 Å². The maximum Gasteiger partial charge on any atom is 0.330 e. The van der Waals surface area contributed by atoms with Crippen LogP contribution in [0.2, 0.25) is 25.2 Å². The van der Waals surface area contributed by atoms with Gasteiger partial charge in [-0.15, -0.1) is 6.58 Å². The zero-order valence-electron chi connectivity index (χ0n) is 10.1. The molecule has 0 atom stereocenters. The van der Waals surface area contributed by atoms with E-state index in [1.54, 1.807) is 0 Å². The number of hydrogen-bond donors (Lipinski definition) is 0. The maximum absolute atomic E-state index is 10.8. The van der Waals surface area contributed by atoms with E-state index in [0.29, 0.717) is 6.61 Å².